The highest BCUT2D eigenvalue weighted by Crippen LogP contribution is 2.23. The zero-order valence-electron chi connectivity index (χ0n) is 15.6. The Balaban J connectivity index is 0.00000243. The summed E-state index contributed by atoms with van der Waals surface area (Å²) in [4.78, 5) is 34.0. The third kappa shape index (κ3) is 5.21. The molecule has 9 heteroatoms. The molecule has 0 bridgehead atoms. The van der Waals surface area contributed by atoms with E-state index in [9.17, 15) is 9.59 Å². The number of aliphatic imine (C=N–C) groups is 1. The average Bonchev–Trinajstić information content (AvgIpc) is 3.24. The smallest absolute Gasteiger partial charge is 0.243 e. The summed E-state index contributed by atoms with van der Waals surface area (Å²) in [6.07, 6.45) is 3.92. The van der Waals surface area contributed by atoms with Gasteiger partial charge in [-0.15, -0.1) is 24.0 Å². The van der Waals surface area contributed by atoms with Gasteiger partial charge in [-0.2, -0.15) is 0 Å². The Morgan fingerprint density at radius 3 is 2.85 bits per heavy atom. The number of guanidine groups is 1. The number of carbonyl (C=O) groups is 2. The number of carbonyl (C=O) groups excluding carboxylic acids is 2. The standard InChI is InChI=1S/C17H29N5O3.HI/c1-20(2)16(24)11-19-17(18-10-14-4-3-9-25-14)21-7-8-22-13(12-21)5-6-15(22)23;/h13-14H,3-12H2,1-2H3,(H,18,19);1H. The highest BCUT2D eigenvalue weighted by Gasteiger charge is 2.36. The van der Waals surface area contributed by atoms with Gasteiger partial charge in [0.05, 0.1) is 6.10 Å². The molecule has 1 N–H and O–H groups in total. The van der Waals surface area contributed by atoms with Gasteiger partial charge in [0.2, 0.25) is 11.8 Å². The Morgan fingerprint density at radius 1 is 1.35 bits per heavy atom. The number of nitrogens with zero attached hydrogens (tertiary/aromatic N) is 4. The molecule has 0 aromatic heterocycles. The fraction of sp³-hybridized carbons (Fsp3) is 0.824. The summed E-state index contributed by atoms with van der Waals surface area (Å²) < 4.78 is 5.67. The van der Waals surface area contributed by atoms with Gasteiger partial charge in [0, 0.05) is 59.3 Å². The van der Waals surface area contributed by atoms with Crippen LogP contribution in [0.2, 0.25) is 0 Å². The van der Waals surface area contributed by atoms with Crippen molar-refractivity contribution in [2.24, 2.45) is 4.99 Å². The second kappa shape index (κ2) is 9.72. The van der Waals surface area contributed by atoms with Crippen LogP contribution >= 0.6 is 24.0 Å². The van der Waals surface area contributed by atoms with E-state index < -0.39 is 0 Å². The van der Waals surface area contributed by atoms with Gasteiger partial charge in [0.15, 0.2) is 5.96 Å². The number of halogens is 1. The van der Waals surface area contributed by atoms with Gasteiger partial charge in [0.25, 0.3) is 0 Å². The maximum Gasteiger partial charge on any atom is 0.243 e. The molecular weight excluding hydrogens is 449 g/mol. The molecule has 2 unspecified atom stereocenters. The molecule has 0 aromatic carbocycles. The number of rotatable bonds is 4. The highest BCUT2D eigenvalue weighted by atomic mass is 127. The predicted molar refractivity (Wildman–Crippen MR) is 110 cm³/mol. The first kappa shape index (κ1) is 21.2. The largest absolute Gasteiger partial charge is 0.376 e. The van der Waals surface area contributed by atoms with Crippen molar-refractivity contribution >= 4 is 41.8 Å². The van der Waals surface area contributed by atoms with E-state index in [0.29, 0.717) is 13.0 Å². The Hall–Kier alpha value is -1.10. The molecular formula is C17H30IN5O3. The van der Waals surface area contributed by atoms with E-state index in [2.05, 4.69) is 15.2 Å². The SMILES string of the molecule is CN(C)C(=O)CN=C(NCC1CCCO1)N1CCN2C(=O)CCC2C1.I. The van der Waals surface area contributed by atoms with Gasteiger partial charge in [-0.25, -0.2) is 4.99 Å². The van der Waals surface area contributed by atoms with Crippen LogP contribution in [0.15, 0.2) is 4.99 Å². The summed E-state index contributed by atoms with van der Waals surface area (Å²) in [7, 11) is 3.47. The number of fused-ring (bicyclic) bond motifs is 1. The fourth-order valence-corrected chi connectivity index (χ4v) is 3.62. The zero-order chi connectivity index (χ0) is 17.8. The molecule has 0 radical (unpaired) electrons. The number of hydrogen-bond acceptors (Lipinski definition) is 4. The van der Waals surface area contributed by atoms with E-state index >= 15 is 0 Å². The Morgan fingerprint density at radius 2 is 2.15 bits per heavy atom. The average molecular weight is 479 g/mol. The molecule has 3 rings (SSSR count). The van der Waals surface area contributed by atoms with Crippen molar-refractivity contribution in [1.29, 1.82) is 0 Å². The Kier molecular flexibility index (Phi) is 7.93. The Bertz CT molecular complexity index is 536. The lowest BCUT2D eigenvalue weighted by Crippen LogP contribution is -2.56. The van der Waals surface area contributed by atoms with Gasteiger partial charge in [-0.05, 0) is 19.3 Å². The first-order valence-corrected chi connectivity index (χ1v) is 9.19. The van der Waals surface area contributed by atoms with Gasteiger partial charge in [-0.3, -0.25) is 9.59 Å². The number of amides is 2. The van der Waals surface area contributed by atoms with E-state index in [1.165, 1.54) is 0 Å². The summed E-state index contributed by atoms with van der Waals surface area (Å²) in [6.45, 7) is 3.91. The highest BCUT2D eigenvalue weighted by molar-refractivity contribution is 14.0. The quantitative estimate of drug-likeness (QED) is 0.353. The molecule has 0 aromatic rings. The van der Waals surface area contributed by atoms with Crippen LogP contribution in [0, 0.1) is 0 Å². The molecule has 2 amide bonds. The van der Waals surface area contributed by atoms with Crippen LogP contribution in [0.25, 0.3) is 0 Å². The second-order valence-electron chi connectivity index (χ2n) is 7.17. The van der Waals surface area contributed by atoms with Crippen molar-refractivity contribution in [2.75, 3.05) is 53.4 Å². The van der Waals surface area contributed by atoms with E-state index in [1.54, 1.807) is 19.0 Å². The molecule has 3 heterocycles. The van der Waals surface area contributed by atoms with Gasteiger partial charge in [-0.1, -0.05) is 0 Å². The van der Waals surface area contributed by atoms with Gasteiger partial charge < -0.3 is 24.8 Å². The molecule has 3 aliphatic heterocycles. The molecule has 26 heavy (non-hydrogen) atoms. The number of hydrogen-bond donors (Lipinski definition) is 1. The Labute approximate surface area is 172 Å². The van der Waals surface area contributed by atoms with E-state index in [1.807, 2.05) is 4.90 Å². The lowest BCUT2D eigenvalue weighted by Gasteiger charge is -2.39. The van der Waals surface area contributed by atoms with Crippen molar-refractivity contribution in [2.45, 2.75) is 37.8 Å². The molecule has 3 fully saturated rings. The van der Waals surface area contributed by atoms with E-state index in [-0.39, 0.29) is 54.5 Å². The molecule has 148 valence electrons. The summed E-state index contributed by atoms with van der Waals surface area (Å²) >= 11 is 0. The van der Waals surface area contributed by atoms with Crippen molar-refractivity contribution < 1.29 is 14.3 Å². The fourth-order valence-electron chi connectivity index (χ4n) is 3.62. The molecule has 2 atom stereocenters. The predicted octanol–water partition coefficient (Wildman–Crippen LogP) is 0.124. The minimum absolute atomic E-state index is 0. The van der Waals surface area contributed by atoms with Gasteiger partial charge in [0.1, 0.15) is 6.54 Å². The summed E-state index contributed by atoms with van der Waals surface area (Å²) in [5.41, 5.74) is 0. The maximum absolute atomic E-state index is 11.9. The summed E-state index contributed by atoms with van der Waals surface area (Å²) in [6, 6.07) is 0.264. The third-order valence-corrected chi connectivity index (χ3v) is 5.17. The first-order valence-electron chi connectivity index (χ1n) is 9.19. The van der Waals surface area contributed by atoms with Crippen molar-refractivity contribution in [3.63, 3.8) is 0 Å². The number of ether oxygens (including phenoxy) is 1. The van der Waals surface area contributed by atoms with Crippen LogP contribution in [0.5, 0.6) is 0 Å². The van der Waals surface area contributed by atoms with Crippen LogP contribution in [0.1, 0.15) is 25.7 Å². The van der Waals surface area contributed by atoms with Crippen molar-refractivity contribution in [3.8, 4) is 0 Å². The zero-order valence-corrected chi connectivity index (χ0v) is 18.0. The van der Waals surface area contributed by atoms with Crippen LogP contribution in [-0.4, -0.2) is 98.0 Å². The molecule has 0 aliphatic carbocycles. The number of nitrogens with one attached hydrogen (secondary N) is 1. The summed E-state index contributed by atoms with van der Waals surface area (Å²) in [5, 5.41) is 3.39. The molecule has 8 nitrogen and oxygen atoms in total. The summed E-state index contributed by atoms with van der Waals surface area (Å²) in [5.74, 6) is 0.994. The monoisotopic (exact) mass is 479 g/mol. The van der Waals surface area contributed by atoms with E-state index in [4.69, 9.17) is 4.74 Å². The van der Waals surface area contributed by atoms with E-state index in [0.717, 1.165) is 51.5 Å². The molecule has 3 saturated heterocycles. The first-order chi connectivity index (χ1) is 12.0. The third-order valence-electron chi connectivity index (χ3n) is 5.17. The lowest BCUT2D eigenvalue weighted by molar-refractivity contribution is -0.130. The van der Waals surface area contributed by atoms with Crippen LogP contribution in [-0.2, 0) is 14.3 Å². The normalized spacial score (nSPS) is 25.8. The van der Waals surface area contributed by atoms with Crippen molar-refractivity contribution in [1.82, 2.24) is 20.0 Å². The van der Waals surface area contributed by atoms with Crippen molar-refractivity contribution in [3.05, 3.63) is 0 Å². The minimum atomic E-state index is -0.0221. The van der Waals surface area contributed by atoms with Gasteiger partial charge >= 0.3 is 0 Å². The lowest BCUT2D eigenvalue weighted by atomic mass is 10.1. The second-order valence-corrected chi connectivity index (χ2v) is 7.17. The maximum atomic E-state index is 11.9. The molecule has 0 saturated carbocycles. The topological polar surface area (TPSA) is 77.5 Å². The van der Waals surface area contributed by atoms with Crippen LogP contribution < -0.4 is 5.32 Å². The molecule has 0 spiro atoms. The number of likely N-dealkylation sites (N-methyl/N-ethyl adjacent to an activating group) is 1. The number of piperazine rings is 1. The molecule has 3 aliphatic rings. The minimum Gasteiger partial charge on any atom is -0.376 e. The van der Waals surface area contributed by atoms with Crippen LogP contribution in [0.3, 0.4) is 0 Å². The van der Waals surface area contributed by atoms with Crippen LogP contribution in [0.4, 0.5) is 0 Å².